The van der Waals surface area contributed by atoms with Gasteiger partial charge in [-0.3, -0.25) is 0 Å². The third-order valence-corrected chi connectivity index (χ3v) is 10.5. The van der Waals surface area contributed by atoms with Crippen LogP contribution in [0.3, 0.4) is 0 Å². The maximum Gasteiger partial charge on any atom is 0.161 e. The molecule has 0 spiro atoms. The highest BCUT2D eigenvalue weighted by Crippen LogP contribution is 2.44. The van der Waals surface area contributed by atoms with Crippen molar-refractivity contribution in [1.82, 2.24) is 9.97 Å². The third-order valence-electron chi connectivity index (χ3n) is 10.5. The van der Waals surface area contributed by atoms with Crippen LogP contribution in [0.15, 0.2) is 191 Å². The fourth-order valence-electron chi connectivity index (χ4n) is 7.98. The van der Waals surface area contributed by atoms with Gasteiger partial charge in [0.2, 0.25) is 0 Å². The zero-order chi connectivity index (χ0) is 35.6. The summed E-state index contributed by atoms with van der Waals surface area (Å²) in [5.74, 6) is 0.667. The first kappa shape index (κ1) is 30.3. The highest BCUT2D eigenvalue weighted by atomic mass is 16.3. The second-order valence-electron chi connectivity index (χ2n) is 13.7. The average molecular weight is 691 g/mol. The molecule has 54 heavy (non-hydrogen) atoms. The summed E-state index contributed by atoms with van der Waals surface area (Å²) in [7, 11) is 0. The van der Waals surface area contributed by atoms with Gasteiger partial charge in [0.1, 0.15) is 22.3 Å². The monoisotopic (exact) mass is 690 g/mol. The van der Waals surface area contributed by atoms with Crippen LogP contribution in [-0.4, -0.2) is 9.97 Å². The van der Waals surface area contributed by atoms with Crippen LogP contribution < -0.4 is 0 Å². The van der Waals surface area contributed by atoms with Crippen molar-refractivity contribution < 1.29 is 8.83 Å². The second kappa shape index (κ2) is 12.1. The summed E-state index contributed by atoms with van der Waals surface area (Å²) in [6, 6.07) is 63.1. The molecule has 0 atom stereocenters. The van der Waals surface area contributed by atoms with Crippen molar-refractivity contribution in [3.05, 3.63) is 182 Å². The minimum atomic E-state index is 0.667. The number of para-hydroxylation sites is 4. The van der Waals surface area contributed by atoms with Crippen LogP contribution in [0, 0.1) is 0 Å². The molecule has 3 aromatic heterocycles. The molecule has 0 radical (unpaired) electrons. The summed E-state index contributed by atoms with van der Waals surface area (Å²) in [4.78, 5) is 10.7. The molecular weight excluding hydrogens is 661 g/mol. The van der Waals surface area contributed by atoms with E-state index in [1.54, 1.807) is 0 Å². The van der Waals surface area contributed by atoms with Crippen LogP contribution in [0.2, 0.25) is 0 Å². The van der Waals surface area contributed by atoms with Crippen LogP contribution >= 0.6 is 0 Å². The fourth-order valence-corrected chi connectivity index (χ4v) is 7.98. The van der Waals surface area contributed by atoms with E-state index in [0.717, 1.165) is 105 Å². The minimum Gasteiger partial charge on any atom is -0.455 e. The molecule has 0 saturated carbocycles. The second-order valence-corrected chi connectivity index (χ2v) is 13.7. The average Bonchev–Trinajstić information content (AvgIpc) is 3.82. The molecule has 3 heterocycles. The van der Waals surface area contributed by atoms with Gasteiger partial charge in [0.25, 0.3) is 0 Å². The molecule has 4 heteroatoms. The standard InChI is InChI=1S/C50H30N2O2/c1-2-14-32(15-3-1)44-30-45(52-50(51-44)42-24-10-16-31-13-4-5-17-34(31)42)43-29-33(35-20-11-22-40-37-18-6-8-25-46(37)53-48(35)40)27-28-36(43)39-21-12-23-41-38-19-7-9-26-47(38)54-49(39)41/h1-30H. The number of hydrogen-bond donors (Lipinski definition) is 0. The Labute approximate surface area is 310 Å². The largest absolute Gasteiger partial charge is 0.455 e. The van der Waals surface area contributed by atoms with Gasteiger partial charge in [-0.25, -0.2) is 9.97 Å². The molecule has 0 fully saturated rings. The maximum absolute atomic E-state index is 6.62. The molecule has 252 valence electrons. The van der Waals surface area contributed by atoms with Crippen LogP contribution in [-0.2, 0) is 0 Å². The predicted octanol–water partition coefficient (Wildman–Crippen LogP) is 13.8. The summed E-state index contributed by atoms with van der Waals surface area (Å²) in [5.41, 5.74) is 12.1. The van der Waals surface area contributed by atoms with E-state index in [1.807, 2.05) is 30.3 Å². The van der Waals surface area contributed by atoms with Crippen LogP contribution in [0.4, 0.5) is 0 Å². The van der Waals surface area contributed by atoms with Gasteiger partial charge in [0.05, 0.1) is 11.4 Å². The van der Waals surface area contributed by atoms with E-state index in [1.165, 1.54) is 0 Å². The summed E-state index contributed by atoms with van der Waals surface area (Å²) < 4.78 is 13.2. The Hall–Kier alpha value is -7.30. The zero-order valence-corrected chi connectivity index (χ0v) is 29.0. The van der Waals surface area contributed by atoms with Crippen molar-refractivity contribution in [2.75, 3.05) is 0 Å². The smallest absolute Gasteiger partial charge is 0.161 e. The number of fused-ring (bicyclic) bond motifs is 7. The lowest BCUT2D eigenvalue weighted by Crippen LogP contribution is -1.98. The number of benzene rings is 8. The zero-order valence-electron chi connectivity index (χ0n) is 29.0. The molecule has 8 aromatic carbocycles. The van der Waals surface area contributed by atoms with Crippen molar-refractivity contribution in [3.63, 3.8) is 0 Å². The molecule has 0 amide bonds. The van der Waals surface area contributed by atoms with Gasteiger partial charge in [-0.05, 0) is 46.2 Å². The highest BCUT2D eigenvalue weighted by molar-refractivity contribution is 6.12. The summed E-state index contributed by atoms with van der Waals surface area (Å²) in [6.07, 6.45) is 0. The molecule has 0 unspecified atom stereocenters. The van der Waals surface area contributed by atoms with E-state index in [0.29, 0.717) is 5.82 Å². The Balaban J connectivity index is 1.22. The Morgan fingerprint density at radius 2 is 0.870 bits per heavy atom. The quantitative estimate of drug-likeness (QED) is 0.180. The van der Waals surface area contributed by atoms with Crippen LogP contribution in [0.1, 0.15) is 0 Å². The first-order valence-electron chi connectivity index (χ1n) is 18.2. The van der Waals surface area contributed by atoms with Crippen molar-refractivity contribution in [3.8, 4) is 56.2 Å². The summed E-state index contributed by atoms with van der Waals surface area (Å²) in [6.45, 7) is 0. The van der Waals surface area contributed by atoms with Gasteiger partial charge in [0, 0.05) is 49.4 Å². The molecule has 11 aromatic rings. The predicted molar refractivity (Wildman–Crippen MR) is 221 cm³/mol. The molecule has 11 rings (SSSR count). The molecular formula is C50H30N2O2. The minimum absolute atomic E-state index is 0.667. The lowest BCUT2D eigenvalue weighted by Gasteiger charge is -2.16. The normalized spacial score (nSPS) is 11.7. The molecule has 4 nitrogen and oxygen atoms in total. The van der Waals surface area contributed by atoms with Crippen LogP contribution in [0.5, 0.6) is 0 Å². The molecule has 0 bridgehead atoms. The Morgan fingerprint density at radius 1 is 0.315 bits per heavy atom. The van der Waals surface area contributed by atoms with Gasteiger partial charge in [-0.2, -0.15) is 0 Å². The highest BCUT2D eigenvalue weighted by Gasteiger charge is 2.21. The number of hydrogen-bond acceptors (Lipinski definition) is 4. The van der Waals surface area contributed by atoms with E-state index >= 15 is 0 Å². The van der Waals surface area contributed by atoms with E-state index in [-0.39, 0.29) is 0 Å². The van der Waals surface area contributed by atoms with E-state index < -0.39 is 0 Å². The molecule has 0 N–H and O–H groups in total. The van der Waals surface area contributed by atoms with Crippen molar-refractivity contribution in [2.45, 2.75) is 0 Å². The topological polar surface area (TPSA) is 52.1 Å². The molecule has 0 aliphatic heterocycles. The first-order valence-corrected chi connectivity index (χ1v) is 18.2. The third kappa shape index (κ3) is 4.85. The van der Waals surface area contributed by atoms with Crippen molar-refractivity contribution in [2.24, 2.45) is 0 Å². The number of aromatic nitrogens is 2. The van der Waals surface area contributed by atoms with Gasteiger partial charge >= 0.3 is 0 Å². The first-order chi connectivity index (χ1) is 26.8. The van der Waals surface area contributed by atoms with Gasteiger partial charge in [-0.1, -0.05) is 158 Å². The number of nitrogens with zero attached hydrogens (tertiary/aromatic N) is 2. The molecule has 0 saturated heterocycles. The van der Waals surface area contributed by atoms with Gasteiger partial charge in [0.15, 0.2) is 5.82 Å². The van der Waals surface area contributed by atoms with E-state index in [4.69, 9.17) is 18.8 Å². The number of furan rings is 2. The van der Waals surface area contributed by atoms with Gasteiger partial charge < -0.3 is 8.83 Å². The fraction of sp³-hybridized carbons (Fsp3) is 0. The maximum atomic E-state index is 6.62. The van der Waals surface area contributed by atoms with Gasteiger partial charge in [-0.15, -0.1) is 0 Å². The Bertz CT molecular complexity index is 3220. The SMILES string of the molecule is c1ccc(-c2cc(-c3cc(-c4cccc5c4oc4ccccc45)ccc3-c3cccc4c3oc3ccccc34)nc(-c3cccc4ccccc34)n2)cc1. The van der Waals surface area contributed by atoms with Crippen molar-refractivity contribution in [1.29, 1.82) is 0 Å². The Kier molecular flexibility index (Phi) is 6.82. The molecule has 0 aliphatic rings. The summed E-state index contributed by atoms with van der Waals surface area (Å²) >= 11 is 0. The van der Waals surface area contributed by atoms with E-state index in [9.17, 15) is 0 Å². The lowest BCUT2D eigenvalue weighted by atomic mass is 9.91. The Morgan fingerprint density at radius 3 is 1.63 bits per heavy atom. The van der Waals surface area contributed by atoms with E-state index in [2.05, 4.69) is 152 Å². The summed E-state index contributed by atoms with van der Waals surface area (Å²) in [5, 5.41) is 6.61. The van der Waals surface area contributed by atoms with Crippen molar-refractivity contribution >= 4 is 54.6 Å². The number of rotatable bonds is 5. The molecule has 0 aliphatic carbocycles. The lowest BCUT2D eigenvalue weighted by molar-refractivity contribution is 0.669. The van der Waals surface area contributed by atoms with Crippen LogP contribution in [0.25, 0.3) is 111 Å².